The number of nitrogens with two attached hydrogens (primary N) is 1. The molecule has 6 N–H and O–H groups in total. The Bertz CT molecular complexity index is 970. The van der Waals surface area contributed by atoms with Crippen molar-refractivity contribution in [2.75, 3.05) is 18.0 Å². The first kappa shape index (κ1) is 19.7. The van der Waals surface area contributed by atoms with E-state index in [2.05, 4.69) is 18.1 Å². The van der Waals surface area contributed by atoms with Crippen LogP contribution in [0.15, 0.2) is 17.1 Å². The van der Waals surface area contributed by atoms with Crippen molar-refractivity contribution in [2.24, 2.45) is 0 Å². The molecule has 4 atom stereocenters. The van der Waals surface area contributed by atoms with Crippen LogP contribution < -0.4 is 11.4 Å². The number of aromatic nitrogens is 2. The van der Waals surface area contributed by atoms with Gasteiger partial charge in [-0.1, -0.05) is 0 Å². The van der Waals surface area contributed by atoms with Crippen LogP contribution in [0.4, 0.5) is 5.82 Å². The average Bonchev–Trinajstić information content (AvgIpc) is 2.91. The maximum absolute atomic E-state index is 11.8. The molecule has 0 amide bonds. The SMILES string of the molecule is [2H]C([2H])(OP(=O)(O)OP(=O)(O)OP(=O)(O)O)[C@@H]1O[C@H](n2ccc([15NH2])nc2=O)CS1. The third-order valence-corrected chi connectivity index (χ3v) is 7.16. The van der Waals surface area contributed by atoms with Crippen molar-refractivity contribution in [2.45, 2.75) is 11.7 Å². The molecule has 0 radical (unpaired) electrons. The number of rotatable bonds is 8. The van der Waals surface area contributed by atoms with Gasteiger partial charge in [0.05, 0.1) is 9.30 Å². The Morgan fingerprint density at radius 1 is 1.33 bits per heavy atom. The van der Waals surface area contributed by atoms with Gasteiger partial charge in [-0.05, 0) is 6.07 Å². The van der Waals surface area contributed by atoms with Gasteiger partial charge in [0.15, 0.2) is 0 Å². The summed E-state index contributed by atoms with van der Waals surface area (Å²) in [4.78, 5) is 50.7. The minimum Gasteiger partial charge on any atom is -0.383 e. The zero-order chi connectivity index (χ0) is 22.3. The highest BCUT2D eigenvalue weighted by Crippen LogP contribution is 2.66. The van der Waals surface area contributed by atoms with Gasteiger partial charge < -0.3 is 30.0 Å². The fraction of sp³-hybridized carbons (Fsp3) is 0.500. The predicted octanol–water partition coefficient (Wildman–Crippen LogP) is -0.243. The van der Waals surface area contributed by atoms with E-state index in [1.807, 2.05) is 0 Å². The molecule has 0 spiro atoms. The summed E-state index contributed by atoms with van der Waals surface area (Å²) in [5.41, 5.74) is 2.93. The normalized spacial score (nSPS) is 26.7. The lowest BCUT2D eigenvalue weighted by Crippen LogP contribution is -2.28. The van der Waals surface area contributed by atoms with Crippen LogP contribution in [0.25, 0.3) is 0 Å². The molecule has 1 fully saturated rings. The maximum Gasteiger partial charge on any atom is 0.490 e. The van der Waals surface area contributed by atoms with Gasteiger partial charge in [-0.25, -0.2) is 18.5 Å². The third-order valence-electron chi connectivity index (χ3n) is 2.51. The van der Waals surface area contributed by atoms with Gasteiger partial charge in [-0.15, -0.1) is 11.8 Å². The van der Waals surface area contributed by atoms with Crippen molar-refractivity contribution in [1.82, 2.24) is 9.55 Å². The van der Waals surface area contributed by atoms with Crippen LogP contribution in [-0.4, -0.2) is 46.9 Å². The Labute approximate surface area is 157 Å². The Hall–Kier alpha value is -0.600. The van der Waals surface area contributed by atoms with Gasteiger partial charge >= 0.3 is 29.2 Å². The van der Waals surface area contributed by atoms with Gasteiger partial charge in [0, 0.05) is 11.9 Å². The number of nitrogens with zero attached hydrogens (tertiary/aromatic N) is 2. The molecule has 1 saturated heterocycles. The molecule has 27 heavy (non-hydrogen) atoms. The molecule has 0 aliphatic carbocycles. The van der Waals surface area contributed by atoms with Gasteiger partial charge in [-0.2, -0.15) is 13.6 Å². The van der Waals surface area contributed by atoms with Crippen LogP contribution in [0.3, 0.4) is 0 Å². The number of hydrogen-bond donors (Lipinski definition) is 5. The summed E-state index contributed by atoms with van der Waals surface area (Å²) in [6.45, 7) is -3.13. The molecular weight excluding hydrogens is 456 g/mol. The first-order chi connectivity index (χ1) is 13.0. The van der Waals surface area contributed by atoms with Crippen LogP contribution in [0.1, 0.15) is 8.97 Å². The summed E-state index contributed by atoms with van der Waals surface area (Å²) < 4.78 is 66.5. The van der Waals surface area contributed by atoms with Crippen molar-refractivity contribution in [1.29, 1.82) is 0 Å². The number of phosphoric ester groups is 1. The lowest BCUT2D eigenvalue weighted by molar-refractivity contribution is -0.00646. The van der Waals surface area contributed by atoms with Crippen LogP contribution in [-0.2, 0) is 31.6 Å². The molecule has 19 heteroatoms. The summed E-state index contributed by atoms with van der Waals surface area (Å²) in [5, 5.41) is 0. The number of ether oxygens (including phenoxy) is 1. The zero-order valence-electron chi connectivity index (χ0n) is 14.8. The number of anilines is 1. The minimum atomic E-state index is -5.81. The van der Waals surface area contributed by atoms with Crippen molar-refractivity contribution in [3.63, 3.8) is 0 Å². The van der Waals surface area contributed by atoms with Crippen LogP contribution in [0.2, 0.25) is 0 Å². The molecule has 0 aromatic carbocycles. The zero-order valence-corrected chi connectivity index (χ0v) is 16.3. The van der Waals surface area contributed by atoms with Gasteiger partial charge in [-0.3, -0.25) is 9.09 Å². The standard InChI is InChI=1S/C8H14N3O12P3S/c9-5-1-2-11(8(12)10-5)6-4-27-7(21-6)3-20-25(16,17)23-26(18,19)22-24(13,14)15/h1-2,6-7H,3-4H2,(H,16,17)(H,18,19)(H2,9,10,12)(H2,13,14,15)/t6-,7+/m0/s1/i3D2,9+1. The molecule has 15 nitrogen and oxygen atoms in total. The summed E-state index contributed by atoms with van der Waals surface area (Å²) in [6.07, 6.45) is 0.182. The van der Waals surface area contributed by atoms with Gasteiger partial charge in [0.25, 0.3) is 0 Å². The van der Waals surface area contributed by atoms with E-state index in [1.54, 1.807) is 0 Å². The number of nitrogen functional groups attached to an aromatic ring is 1. The predicted molar refractivity (Wildman–Crippen MR) is 89.1 cm³/mol. The summed E-state index contributed by atoms with van der Waals surface area (Å²) in [5.74, 6) is -0.0773. The number of phosphoric acid groups is 3. The first-order valence-electron chi connectivity index (χ1n) is 7.46. The minimum absolute atomic E-state index is 0.0184. The fourth-order valence-corrected chi connectivity index (χ4v) is 5.49. The van der Waals surface area contributed by atoms with E-state index in [-0.39, 0.29) is 11.6 Å². The van der Waals surface area contributed by atoms with Gasteiger partial charge in [0.2, 0.25) is 0 Å². The highest BCUT2D eigenvalue weighted by Gasteiger charge is 2.41. The highest BCUT2D eigenvalue weighted by atomic mass is 32.2. The van der Waals surface area contributed by atoms with E-state index in [4.69, 9.17) is 27.9 Å². The maximum atomic E-state index is 11.8. The Morgan fingerprint density at radius 2 is 2.00 bits per heavy atom. The van der Waals surface area contributed by atoms with Crippen LogP contribution >= 0.6 is 35.2 Å². The molecule has 2 unspecified atom stereocenters. The van der Waals surface area contributed by atoms with E-state index >= 15 is 0 Å². The molecular formula is C8H14N3O12P3S. The Kier molecular flexibility index (Phi) is 6.14. The molecule has 2 heterocycles. The molecule has 154 valence electrons. The van der Waals surface area contributed by atoms with E-state index in [0.717, 1.165) is 16.3 Å². The molecule has 0 saturated carbocycles. The summed E-state index contributed by atoms with van der Waals surface area (Å²) in [6, 6.07) is 1.28. The lowest BCUT2D eigenvalue weighted by Gasteiger charge is -2.18. The summed E-state index contributed by atoms with van der Waals surface area (Å²) >= 11 is 0.718. The lowest BCUT2D eigenvalue weighted by atomic mass is 10.5. The Morgan fingerprint density at radius 3 is 2.59 bits per heavy atom. The smallest absolute Gasteiger partial charge is 0.383 e. The topological polar surface area (TPSA) is 230 Å². The molecule has 1 aromatic rings. The largest absolute Gasteiger partial charge is 0.490 e. The second-order valence-corrected chi connectivity index (χ2v) is 10.0. The number of hydrogen-bond acceptors (Lipinski definition) is 11. The fourth-order valence-electron chi connectivity index (χ4n) is 1.65. The van der Waals surface area contributed by atoms with Crippen LogP contribution in [0, 0.1) is 0 Å². The van der Waals surface area contributed by atoms with Crippen LogP contribution in [0.5, 0.6) is 0 Å². The molecule has 1 aliphatic rings. The highest BCUT2D eigenvalue weighted by molar-refractivity contribution is 8.00. The Balaban J connectivity index is 2.08. The van der Waals surface area contributed by atoms with E-state index in [1.165, 1.54) is 12.3 Å². The average molecular weight is 472 g/mol. The quantitative estimate of drug-likeness (QED) is 0.243. The molecule has 1 aromatic heterocycles. The van der Waals surface area contributed by atoms with E-state index in [9.17, 15) is 23.4 Å². The molecule has 2 rings (SSSR count). The second kappa shape index (κ2) is 8.41. The van der Waals surface area contributed by atoms with Crippen molar-refractivity contribution in [3.05, 3.63) is 22.7 Å². The van der Waals surface area contributed by atoms with E-state index < -0.39 is 47.4 Å². The molecule has 1 aliphatic heterocycles. The van der Waals surface area contributed by atoms with Gasteiger partial charge in [0.1, 0.15) is 17.5 Å². The second-order valence-electron chi connectivity index (χ2n) is 4.60. The third kappa shape index (κ3) is 7.38. The summed E-state index contributed by atoms with van der Waals surface area (Å²) in [7, 11) is -17.1. The van der Waals surface area contributed by atoms with Crippen molar-refractivity contribution >= 4 is 41.0 Å². The van der Waals surface area contributed by atoms with E-state index in [0.29, 0.717) is 0 Å². The number of thioether (sulfide) groups is 1. The molecule has 0 bridgehead atoms. The first-order valence-corrected chi connectivity index (χ1v) is 12.0. The van der Waals surface area contributed by atoms with Crippen molar-refractivity contribution in [3.8, 4) is 0 Å². The van der Waals surface area contributed by atoms with Crippen molar-refractivity contribution < 1.29 is 53.9 Å². The monoisotopic (exact) mass is 472 g/mol.